The smallest absolute Gasteiger partial charge is 0.182 e. The molecular weight excluding hydrogens is 316 g/mol. The third-order valence-corrected chi connectivity index (χ3v) is 2.92. The third kappa shape index (κ3) is 7.69. The van der Waals surface area contributed by atoms with E-state index in [4.69, 9.17) is 21.1 Å². The van der Waals surface area contributed by atoms with E-state index >= 15 is 0 Å². The van der Waals surface area contributed by atoms with Crippen molar-refractivity contribution in [2.45, 2.75) is 21.3 Å². The number of rotatable bonds is 1. The first-order chi connectivity index (χ1) is 11.5. The van der Waals surface area contributed by atoms with E-state index in [0.29, 0.717) is 11.4 Å². The predicted molar refractivity (Wildman–Crippen MR) is 103 cm³/mol. The molecule has 3 rings (SSSR count). The first-order valence-electron chi connectivity index (χ1n) is 7.16. The van der Waals surface area contributed by atoms with Crippen LogP contribution >= 0.6 is 0 Å². The second-order valence-electron chi connectivity index (χ2n) is 4.95. The second-order valence-corrected chi connectivity index (χ2v) is 4.95. The number of aryl methyl sites for hydroxylation is 2. The zero-order chi connectivity index (χ0) is 17.9. The van der Waals surface area contributed by atoms with Crippen LogP contribution in [0.4, 0.5) is 11.4 Å². The SMILES string of the molecule is C.Cc1ccc(N)c(N)c1.Cc1ccc2nccnc2c1.O=CC=O. The number of carbonyl (C=O) groups excluding carboxylic acids is 2. The number of aromatic nitrogens is 2. The topological polar surface area (TPSA) is 112 Å². The Morgan fingerprint density at radius 3 is 1.80 bits per heavy atom. The maximum atomic E-state index is 8.81. The van der Waals surface area contributed by atoms with Gasteiger partial charge in [-0.05, 0) is 49.2 Å². The third-order valence-electron chi connectivity index (χ3n) is 2.92. The summed E-state index contributed by atoms with van der Waals surface area (Å²) in [5, 5.41) is 0. The molecule has 2 aromatic carbocycles. The minimum atomic E-state index is 0. The van der Waals surface area contributed by atoms with Gasteiger partial charge in [0.1, 0.15) is 0 Å². The van der Waals surface area contributed by atoms with Gasteiger partial charge in [-0.25, -0.2) is 0 Å². The fourth-order valence-corrected chi connectivity index (χ4v) is 1.77. The van der Waals surface area contributed by atoms with Crippen LogP contribution < -0.4 is 11.5 Å². The first-order valence-corrected chi connectivity index (χ1v) is 7.16. The van der Waals surface area contributed by atoms with Gasteiger partial charge >= 0.3 is 0 Å². The number of aldehydes is 2. The molecule has 4 N–H and O–H groups in total. The van der Waals surface area contributed by atoms with Crippen LogP contribution in [0.3, 0.4) is 0 Å². The molecule has 6 nitrogen and oxygen atoms in total. The average molecular weight is 340 g/mol. The minimum absolute atomic E-state index is 0. The van der Waals surface area contributed by atoms with Gasteiger partial charge in [-0.3, -0.25) is 19.6 Å². The summed E-state index contributed by atoms with van der Waals surface area (Å²) >= 11 is 0. The number of nitrogens with two attached hydrogens (primary N) is 2. The fraction of sp³-hybridized carbons (Fsp3) is 0.158. The van der Waals surface area contributed by atoms with E-state index in [1.165, 1.54) is 5.56 Å². The van der Waals surface area contributed by atoms with Crippen molar-refractivity contribution in [2.75, 3.05) is 11.5 Å². The summed E-state index contributed by atoms with van der Waals surface area (Å²) in [5.74, 6) is 0. The minimum Gasteiger partial charge on any atom is -0.397 e. The van der Waals surface area contributed by atoms with Gasteiger partial charge in [0.2, 0.25) is 0 Å². The van der Waals surface area contributed by atoms with Gasteiger partial charge in [0.25, 0.3) is 0 Å². The normalized spacial score (nSPS) is 8.72. The monoisotopic (exact) mass is 340 g/mol. The molecule has 0 atom stereocenters. The highest BCUT2D eigenvalue weighted by Gasteiger charge is 1.92. The molecule has 0 aliphatic rings. The molecule has 132 valence electrons. The highest BCUT2D eigenvalue weighted by Crippen LogP contribution is 2.14. The quantitative estimate of drug-likeness (QED) is 0.400. The zero-order valence-corrected chi connectivity index (χ0v) is 13.6. The van der Waals surface area contributed by atoms with Crippen molar-refractivity contribution < 1.29 is 9.59 Å². The number of nitrogen functional groups attached to an aromatic ring is 2. The van der Waals surface area contributed by atoms with E-state index in [-0.39, 0.29) is 20.0 Å². The standard InChI is InChI=1S/C9H8N2.C7H10N2.C2H2O2.CH4/c1-7-2-3-8-9(6-7)11-5-4-10-8;1-5-2-3-6(8)7(9)4-5;3-1-2-4;/h2-6H,1H3;2-4H,8-9H2,1H3;1-2H;1H4. The van der Waals surface area contributed by atoms with Gasteiger partial charge in [-0.15, -0.1) is 0 Å². The number of carbonyl (C=O) groups is 2. The number of nitrogens with zero attached hydrogens (tertiary/aromatic N) is 2. The molecule has 25 heavy (non-hydrogen) atoms. The van der Waals surface area contributed by atoms with Gasteiger partial charge in [0, 0.05) is 12.4 Å². The molecule has 3 aromatic rings. The van der Waals surface area contributed by atoms with Gasteiger partial charge in [-0.2, -0.15) is 0 Å². The Morgan fingerprint density at radius 2 is 1.28 bits per heavy atom. The van der Waals surface area contributed by atoms with Crippen molar-refractivity contribution >= 4 is 35.0 Å². The molecule has 0 aliphatic carbocycles. The van der Waals surface area contributed by atoms with Crippen molar-refractivity contribution in [3.63, 3.8) is 0 Å². The molecule has 0 aliphatic heterocycles. The van der Waals surface area contributed by atoms with Crippen molar-refractivity contribution in [3.8, 4) is 0 Å². The highest BCUT2D eigenvalue weighted by atomic mass is 16.2. The Hall–Kier alpha value is -3.28. The first kappa shape index (κ1) is 21.7. The van der Waals surface area contributed by atoms with E-state index in [2.05, 4.69) is 9.97 Å². The van der Waals surface area contributed by atoms with Crippen molar-refractivity contribution in [3.05, 3.63) is 59.9 Å². The lowest BCUT2D eigenvalue weighted by Gasteiger charge is -1.98. The maximum absolute atomic E-state index is 8.81. The molecule has 0 bridgehead atoms. The van der Waals surface area contributed by atoms with Crippen LogP contribution in [0.25, 0.3) is 11.0 Å². The van der Waals surface area contributed by atoms with Gasteiger partial charge in [-0.1, -0.05) is 19.6 Å². The summed E-state index contributed by atoms with van der Waals surface area (Å²) in [6.45, 7) is 4.03. The highest BCUT2D eigenvalue weighted by molar-refractivity contribution is 6.09. The summed E-state index contributed by atoms with van der Waals surface area (Å²) in [6, 6.07) is 11.7. The Bertz CT molecular complexity index is 813. The predicted octanol–water partition coefficient (Wildman–Crippen LogP) is 3.12. The molecule has 0 saturated heterocycles. The van der Waals surface area contributed by atoms with Crippen LogP contribution in [0.2, 0.25) is 0 Å². The number of benzene rings is 2. The number of hydrogen-bond acceptors (Lipinski definition) is 6. The molecule has 0 amide bonds. The van der Waals surface area contributed by atoms with Crippen molar-refractivity contribution in [2.24, 2.45) is 0 Å². The zero-order valence-electron chi connectivity index (χ0n) is 13.6. The Labute approximate surface area is 147 Å². The van der Waals surface area contributed by atoms with Gasteiger partial charge in [0.05, 0.1) is 22.4 Å². The lowest BCUT2D eigenvalue weighted by Crippen LogP contribution is -1.93. The Kier molecular flexibility index (Phi) is 9.81. The van der Waals surface area contributed by atoms with Gasteiger partial charge in [0.15, 0.2) is 12.6 Å². The van der Waals surface area contributed by atoms with Crippen LogP contribution in [-0.4, -0.2) is 22.5 Å². The van der Waals surface area contributed by atoms with E-state index < -0.39 is 0 Å². The van der Waals surface area contributed by atoms with E-state index in [1.807, 2.05) is 50.2 Å². The summed E-state index contributed by atoms with van der Waals surface area (Å²) in [6.07, 6.45) is 3.81. The second kappa shape index (κ2) is 11.3. The molecule has 0 saturated carbocycles. The lowest BCUT2D eigenvalue weighted by atomic mass is 10.2. The molecule has 0 fully saturated rings. The molecule has 1 heterocycles. The van der Waals surface area contributed by atoms with Gasteiger partial charge < -0.3 is 11.5 Å². The summed E-state index contributed by atoms with van der Waals surface area (Å²) in [7, 11) is 0. The Morgan fingerprint density at radius 1 is 0.760 bits per heavy atom. The van der Waals surface area contributed by atoms with E-state index in [9.17, 15) is 0 Å². The van der Waals surface area contributed by atoms with E-state index in [0.717, 1.165) is 16.6 Å². The average Bonchev–Trinajstić information content (AvgIpc) is 2.59. The van der Waals surface area contributed by atoms with Crippen LogP contribution in [-0.2, 0) is 9.59 Å². The molecule has 1 aromatic heterocycles. The number of hydrogen-bond donors (Lipinski definition) is 2. The van der Waals surface area contributed by atoms with Crippen LogP contribution in [0.5, 0.6) is 0 Å². The van der Waals surface area contributed by atoms with E-state index in [1.54, 1.807) is 12.4 Å². The largest absolute Gasteiger partial charge is 0.397 e. The molecule has 0 spiro atoms. The lowest BCUT2D eigenvalue weighted by molar-refractivity contribution is -0.122. The summed E-state index contributed by atoms with van der Waals surface area (Å²) < 4.78 is 0. The number of fused-ring (bicyclic) bond motifs is 1. The van der Waals surface area contributed by atoms with Crippen LogP contribution in [0.15, 0.2) is 48.8 Å². The fourth-order valence-electron chi connectivity index (χ4n) is 1.77. The summed E-state index contributed by atoms with van der Waals surface area (Å²) in [4.78, 5) is 26.0. The molecular formula is C19H24N4O2. The maximum Gasteiger partial charge on any atom is 0.182 e. The molecule has 6 heteroatoms. The molecule has 0 unspecified atom stereocenters. The van der Waals surface area contributed by atoms with Crippen molar-refractivity contribution in [1.82, 2.24) is 9.97 Å². The van der Waals surface area contributed by atoms with Crippen molar-refractivity contribution in [1.29, 1.82) is 0 Å². The number of anilines is 2. The van der Waals surface area contributed by atoms with Crippen LogP contribution in [0.1, 0.15) is 18.6 Å². The Balaban J connectivity index is 0.000000375. The molecule has 0 radical (unpaired) electrons. The van der Waals surface area contributed by atoms with Crippen LogP contribution in [0, 0.1) is 13.8 Å². The summed E-state index contributed by atoms with van der Waals surface area (Å²) in [5.41, 5.74) is 16.6.